The van der Waals surface area contributed by atoms with Crippen molar-refractivity contribution in [1.82, 2.24) is 14.9 Å². The number of hydrogen-bond donors (Lipinski definition) is 2. The van der Waals surface area contributed by atoms with Gasteiger partial charge in [-0.25, -0.2) is 9.97 Å². The molecule has 1 fully saturated rings. The maximum absolute atomic E-state index is 13.0. The van der Waals surface area contributed by atoms with Crippen molar-refractivity contribution >= 4 is 39.2 Å². The SMILES string of the molecule is NC(=O)c1sc2ccccc2c1CC1CCCCN1C(=O)CCCNc1ncccn1. The fourth-order valence-electron chi connectivity index (χ4n) is 4.25. The van der Waals surface area contributed by atoms with Crippen LogP contribution in [-0.4, -0.2) is 45.8 Å². The van der Waals surface area contributed by atoms with E-state index in [4.69, 9.17) is 5.73 Å². The van der Waals surface area contributed by atoms with Gasteiger partial charge in [0, 0.05) is 42.6 Å². The molecule has 2 amide bonds. The highest BCUT2D eigenvalue weighted by molar-refractivity contribution is 7.21. The lowest BCUT2D eigenvalue weighted by molar-refractivity contribution is -0.134. The Labute approximate surface area is 185 Å². The van der Waals surface area contributed by atoms with Gasteiger partial charge in [0.25, 0.3) is 5.91 Å². The highest BCUT2D eigenvalue weighted by Crippen LogP contribution is 2.34. The number of rotatable bonds is 8. The number of aromatic nitrogens is 2. The molecule has 162 valence electrons. The molecule has 1 atom stereocenters. The fourth-order valence-corrected chi connectivity index (χ4v) is 5.34. The summed E-state index contributed by atoms with van der Waals surface area (Å²) in [7, 11) is 0. The molecule has 1 unspecified atom stereocenters. The molecule has 1 aliphatic heterocycles. The number of thiophene rings is 1. The monoisotopic (exact) mass is 437 g/mol. The number of carbonyl (C=O) groups is 2. The predicted molar refractivity (Wildman–Crippen MR) is 123 cm³/mol. The van der Waals surface area contributed by atoms with Crippen LogP contribution in [-0.2, 0) is 11.2 Å². The largest absolute Gasteiger partial charge is 0.365 e. The predicted octanol–water partition coefficient (Wildman–Crippen LogP) is 3.61. The summed E-state index contributed by atoms with van der Waals surface area (Å²) in [6.45, 7) is 1.42. The van der Waals surface area contributed by atoms with Gasteiger partial charge in [0.15, 0.2) is 0 Å². The Morgan fingerprint density at radius 3 is 2.77 bits per heavy atom. The van der Waals surface area contributed by atoms with Crippen molar-refractivity contribution in [3.63, 3.8) is 0 Å². The van der Waals surface area contributed by atoms with Gasteiger partial charge in [-0.05, 0) is 55.2 Å². The molecule has 0 spiro atoms. The normalized spacial score (nSPS) is 16.4. The fraction of sp³-hybridized carbons (Fsp3) is 0.391. The summed E-state index contributed by atoms with van der Waals surface area (Å²) in [5.41, 5.74) is 6.67. The highest BCUT2D eigenvalue weighted by atomic mass is 32.1. The summed E-state index contributed by atoms with van der Waals surface area (Å²) >= 11 is 1.45. The first-order chi connectivity index (χ1) is 15.1. The number of benzene rings is 1. The molecule has 3 aromatic rings. The Bertz CT molecular complexity index is 1050. The zero-order valence-corrected chi connectivity index (χ0v) is 18.2. The second-order valence-electron chi connectivity index (χ2n) is 7.81. The van der Waals surface area contributed by atoms with Crippen molar-refractivity contribution in [3.05, 3.63) is 53.2 Å². The zero-order chi connectivity index (χ0) is 21.6. The van der Waals surface area contributed by atoms with E-state index in [2.05, 4.69) is 15.3 Å². The van der Waals surface area contributed by atoms with E-state index in [0.29, 0.717) is 36.6 Å². The molecule has 1 aromatic carbocycles. The second kappa shape index (κ2) is 9.87. The standard InChI is InChI=1S/C23H27N5O2S/c24-22(30)21-18(17-8-1-2-9-19(17)31-21)15-16-7-3-4-14-28(16)20(29)10-5-11-25-23-26-12-6-13-27-23/h1-2,6,8-9,12-13,16H,3-5,7,10-11,14-15H2,(H2,24,30)(H,25,26,27). The highest BCUT2D eigenvalue weighted by Gasteiger charge is 2.29. The third-order valence-electron chi connectivity index (χ3n) is 5.73. The lowest BCUT2D eigenvalue weighted by atomic mass is 9.93. The molecule has 3 N–H and O–H groups in total. The van der Waals surface area contributed by atoms with Gasteiger partial charge in [-0.1, -0.05) is 18.2 Å². The van der Waals surface area contributed by atoms with Crippen LogP contribution >= 0.6 is 11.3 Å². The van der Waals surface area contributed by atoms with Crippen LogP contribution in [0.25, 0.3) is 10.1 Å². The molecule has 0 saturated carbocycles. The van der Waals surface area contributed by atoms with Crippen LogP contribution in [0.5, 0.6) is 0 Å². The second-order valence-corrected chi connectivity index (χ2v) is 8.87. The first-order valence-electron chi connectivity index (χ1n) is 10.7. The zero-order valence-electron chi connectivity index (χ0n) is 17.4. The van der Waals surface area contributed by atoms with Crippen molar-refractivity contribution < 1.29 is 9.59 Å². The van der Waals surface area contributed by atoms with Crippen LogP contribution in [0.2, 0.25) is 0 Å². The minimum atomic E-state index is -0.390. The number of primary amides is 1. The molecule has 0 radical (unpaired) electrons. The van der Waals surface area contributed by atoms with Crippen molar-refractivity contribution in [2.24, 2.45) is 5.73 Å². The third kappa shape index (κ3) is 5.02. The van der Waals surface area contributed by atoms with Crippen molar-refractivity contribution in [2.45, 2.75) is 44.6 Å². The molecular weight excluding hydrogens is 410 g/mol. The molecule has 3 heterocycles. The number of piperidine rings is 1. The van der Waals surface area contributed by atoms with Crippen LogP contribution in [0.1, 0.15) is 47.3 Å². The van der Waals surface area contributed by atoms with Crippen LogP contribution in [0.4, 0.5) is 5.95 Å². The topological polar surface area (TPSA) is 101 Å². The molecule has 0 aliphatic carbocycles. The van der Waals surface area contributed by atoms with Gasteiger partial charge in [-0.3, -0.25) is 9.59 Å². The number of likely N-dealkylation sites (tertiary alicyclic amines) is 1. The number of anilines is 1. The van der Waals surface area contributed by atoms with Crippen molar-refractivity contribution in [1.29, 1.82) is 0 Å². The first-order valence-corrected chi connectivity index (χ1v) is 11.6. The van der Waals surface area contributed by atoms with Crippen LogP contribution in [0.3, 0.4) is 0 Å². The minimum absolute atomic E-state index is 0.0998. The Morgan fingerprint density at radius 2 is 1.97 bits per heavy atom. The van der Waals surface area contributed by atoms with E-state index in [-0.39, 0.29) is 17.9 Å². The van der Waals surface area contributed by atoms with E-state index in [9.17, 15) is 9.59 Å². The number of carbonyl (C=O) groups excluding carboxylic acids is 2. The third-order valence-corrected chi connectivity index (χ3v) is 6.95. The van der Waals surface area contributed by atoms with Crippen LogP contribution in [0.15, 0.2) is 42.7 Å². The van der Waals surface area contributed by atoms with Gasteiger partial charge in [0.1, 0.15) is 0 Å². The van der Waals surface area contributed by atoms with E-state index in [1.54, 1.807) is 18.5 Å². The number of nitrogens with two attached hydrogens (primary N) is 1. The summed E-state index contributed by atoms with van der Waals surface area (Å²) in [5, 5.41) is 4.22. The average Bonchev–Trinajstić information content (AvgIpc) is 3.16. The maximum Gasteiger partial charge on any atom is 0.259 e. The number of fused-ring (bicyclic) bond motifs is 1. The molecule has 2 aromatic heterocycles. The van der Waals surface area contributed by atoms with Crippen molar-refractivity contribution in [2.75, 3.05) is 18.4 Å². The van der Waals surface area contributed by atoms with Gasteiger partial charge in [0.05, 0.1) is 4.88 Å². The Kier molecular flexibility index (Phi) is 6.76. The lowest BCUT2D eigenvalue weighted by Crippen LogP contribution is -2.45. The van der Waals surface area contributed by atoms with Crippen molar-refractivity contribution in [3.8, 4) is 0 Å². The molecule has 4 rings (SSSR count). The molecule has 0 bridgehead atoms. The van der Waals surface area contributed by atoms with Gasteiger partial charge < -0.3 is 16.0 Å². The van der Waals surface area contributed by atoms with Gasteiger partial charge in [-0.2, -0.15) is 0 Å². The molecular formula is C23H27N5O2S. The van der Waals surface area contributed by atoms with Gasteiger partial charge in [0.2, 0.25) is 11.9 Å². The Hall–Kier alpha value is -3.00. The Morgan fingerprint density at radius 1 is 1.16 bits per heavy atom. The summed E-state index contributed by atoms with van der Waals surface area (Å²) in [5.74, 6) is 0.355. The number of nitrogens with zero attached hydrogens (tertiary/aromatic N) is 3. The molecule has 1 aliphatic rings. The smallest absolute Gasteiger partial charge is 0.259 e. The number of amides is 2. The molecule has 31 heavy (non-hydrogen) atoms. The molecule has 8 heteroatoms. The van der Waals surface area contributed by atoms with E-state index in [0.717, 1.165) is 41.5 Å². The summed E-state index contributed by atoms with van der Waals surface area (Å²) in [4.78, 5) is 36.0. The average molecular weight is 438 g/mol. The van der Waals surface area contributed by atoms with Crippen LogP contribution < -0.4 is 11.1 Å². The first kappa shape index (κ1) is 21.2. The number of nitrogens with one attached hydrogen (secondary N) is 1. The molecule has 7 nitrogen and oxygen atoms in total. The molecule has 1 saturated heterocycles. The van der Waals surface area contributed by atoms with Crippen LogP contribution in [0, 0.1) is 0 Å². The van der Waals surface area contributed by atoms with E-state index >= 15 is 0 Å². The van der Waals surface area contributed by atoms with E-state index < -0.39 is 0 Å². The lowest BCUT2D eigenvalue weighted by Gasteiger charge is -2.36. The quantitative estimate of drug-likeness (QED) is 0.524. The Balaban J connectivity index is 1.42. The maximum atomic E-state index is 13.0. The minimum Gasteiger partial charge on any atom is -0.365 e. The van der Waals surface area contributed by atoms with Gasteiger partial charge >= 0.3 is 0 Å². The number of hydrogen-bond acceptors (Lipinski definition) is 6. The van der Waals surface area contributed by atoms with E-state index in [1.165, 1.54) is 11.3 Å². The van der Waals surface area contributed by atoms with E-state index in [1.807, 2.05) is 29.2 Å². The summed E-state index contributed by atoms with van der Waals surface area (Å²) in [6.07, 6.45) is 8.30. The van der Waals surface area contributed by atoms with Gasteiger partial charge in [-0.15, -0.1) is 11.3 Å². The summed E-state index contributed by atoms with van der Waals surface area (Å²) < 4.78 is 1.06. The summed E-state index contributed by atoms with van der Waals surface area (Å²) in [6, 6.07) is 9.88.